The third-order valence-corrected chi connectivity index (χ3v) is 3.73. The van der Waals surface area contributed by atoms with Crippen LogP contribution in [0.4, 0.5) is 4.79 Å². The van der Waals surface area contributed by atoms with E-state index in [9.17, 15) is 4.79 Å². The molecule has 4 heteroatoms. The van der Waals surface area contributed by atoms with Crippen LogP contribution < -0.4 is 10.1 Å². The van der Waals surface area contributed by atoms with E-state index in [2.05, 4.69) is 17.4 Å². The number of hydrogen-bond donors (Lipinski definition) is 1. The first-order valence-corrected chi connectivity index (χ1v) is 7.92. The van der Waals surface area contributed by atoms with Gasteiger partial charge in [0.2, 0.25) is 0 Å². The number of carbonyl (C=O) groups excluding carboxylic acids is 1. The van der Waals surface area contributed by atoms with E-state index in [1.54, 1.807) is 12.0 Å². The molecule has 122 valence electrons. The molecule has 0 spiro atoms. The molecule has 0 fully saturated rings. The third-order valence-electron chi connectivity index (χ3n) is 3.73. The predicted molar refractivity (Wildman–Crippen MR) is 92.6 cm³/mol. The number of ether oxygens (including phenoxy) is 1. The Kier molecular flexibility index (Phi) is 6.48. The lowest BCUT2D eigenvalue weighted by Gasteiger charge is -2.21. The van der Waals surface area contributed by atoms with Crippen molar-refractivity contribution in [1.82, 2.24) is 10.2 Å². The van der Waals surface area contributed by atoms with Crippen molar-refractivity contribution in [3.8, 4) is 5.75 Å². The molecule has 0 aliphatic heterocycles. The number of amides is 2. The Morgan fingerprint density at radius 2 is 1.74 bits per heavy atom. The number of nitrogens with zero attached hydrogens (tertiary/aromatic N) is 1. The van der Waals surface area contributed by atoms with Gasteiger partial charge >= 0.3 is 6.03 Å². The second-order valence-electron chi connectivity index (χ2n) is 5.33. The summed E-state index contributed by atoms with van der Waals surface area (Å²) in [5.74, 6) is 0.823. The molecule has 0 aromatic heterocycles. The van der Waals surface area contributed by atoms with E-state index >= 15 is 0 Å². The molecule has 2 rings (SSSR count). The Labute approximate surface area is 138 Å². The molecule has 0 saturated carbocycles. The zero-order valence-corrected chi connectivity index (χ0v) is 13.8. The largest absolute Gasteiger partial charge is 0.497 e. The molecule has 2 amide bonds. The zero-order chi connectivity index (χ0) is 16.5. The van der Waals surface area contributed by atoms with E-state index in [4.69, 9.17) is 4.74 Å². The molecule has 0 unspecified atom stereocenters. The van der Waals surface area contributed by atoms with Crippen LogP contribution in [0, 0.1) is 0 Å². The van der Waals surface area contributed by atoms with Gasteiger partial charge in [0.1, 0.15) is 5.75 Å². The lowest BCUT2D eigenvalue weighted by atomic mass is 10.1. The Balaban J connectivity index is 1.82. The number of nitrogens with one attached hydrogen (secondary N) is 1. The molecule has 0 aliphatic carbocycles. The van der Waals surface area contributed by atoms with Crippen LogP contribution in [-0.2, 0) is 13.0 Å². The van der Waals surface area contributed by atoms with E-state index in [0.717, 1.165) is 17.7 Å². The van der Waals surface area contributed by atoms with Gasteiger partial charge in [-0.25, -0.2) is 4.79 Å². The van der Waals surface area contributed by atoms with Gasteiger partial charge < -0.3 is 15.0 Å². The van der Waals surface area contributed by atoms with Crippen LogP contribution in [0.2, 0.25) is 0 Å². The predicted octanol–water partition coefficient (Wildman–Crippen LogP) is 3.47. The van der Waals surface area contributed by atoms with Crippen molar-refractivity contribution >= 4 is 6.03 Å². The van der Waals surface area contributed by atoms with E-state index in [1.165, 1.54) is 5.56 Å². The number of hydrogen-bond acceptors (Lipinski definition) is 2. The lowest BCUT2D eigenvalue weighted by molar-refractivity contribution is 0.198. The molecule has 0 saturated heterocycles. The maximum absolute atomic E-state index is 12.3. The van der Waals surface area contributed by atoms with Crippen molar-refractivity contribution in [2.45, 2.75) is 19.9 Å². The maximum atomic E-state index is 12.3. The van der Waals surface area contributed by atoms with E-state index < -0.39 is 0 Å². The monoisotopic (exact) mass is 312 g/mol. The Morgan fingerprint density at radius 3 is 2.35 bits per heavy atom. The highest BCUT2D eigenvalue weighted by atomic mass is 16.5. The van der Waals surface area contributed by atoms with Gasteiger partial charge in [-0.3, -0.25) is 0 Å². The van der Waals surface area contributed by atoms with Crippen molar-refractivity contribution in [1.29, 1.82) is 0 Å². The fourth-order valence-electron chi connectivity index (χ4n) is 2.35. The minimum absolute atomic E-state index is 0.0285. The molecule has 0 heterocycles. The Morgan fingerprint density at radius 1 is 1.04 bits per heavy atom. The SMILES string of the molecule is CCN(Cc1ccc(OC)cc1)C(=O)NCCc1ccccc1. The average Bonchev–Trinajstić information content (AvgIpc) is 2.61. The Bertz CT molecular complexity index is 597. The minimum atomic E-state index is -0.0285. The van der Waals surface area contributed by atoms with Crippen LogP contribution in [0.25, 0.3) is 0 Å². The molecule has 0 radical (unpaired) electrons. The molecular weight excluding hydrogens is 288 g/mol. The quantitative estimate of drug-likeness (QED) is 0.850. The van der Waals surface area contributed by atoms with Gasteiger partial charge in [0, 0.05) is 19.6 Å². The minimum Gasteiger partial charge on any atom is -0.497 e. The summed E-state index contributed by atoms with van der Waals surface area (Å²) in [5, 5.41) is 2.99. The van der Waals surface area contributed by atoms with Crippen LogP contribution >= 0.6 is 0 Å². The van der Waals surface area contributed by atoms with E-state index in [1.807, 2.05) is 49.4 Å². The van der Waals surface area contributed by atoms with Gasteiger partial charge in [-0.2, -0.15) is 0 Å². The highest BCUT2D eigenvalue weighted by molar-refractivity contribution is 5.74. The second-order valence-corrected chi connectivity index (χ2v) is 5.33. The van der Waals surface area contributed by atoms with Gasteiger partial charge in [0.25, 0.3) is 0 Å². The first kappa shape index (κ1) is 16.9. The van der Waals surface area contributed by atoms with Gasteiger partial charge in [-0.05, 0) is 36.6 Å². The average molecular weight is 312 g/mol. The van der Waals surface area contributed by atoms with Gasteiger partial charge in [-0.15, -0.1) is 0 Å². The maximum Gasteiger partial charge on any atom is 0.317 e. The number of rotatable bonds is 7. The van der Waals surface area contributed by atoms with Crippen molar-refractivity contribution in [3.05, 3.63) is 65.7 Å². The summed E-state index contributed by atoms with van der Waals surface area (Å²) in [4.78, 5) is 14.1. The Hall–Kier alpha value is -2.49. The summed E-state index contributed by atoms with van der Waals surface area (Å²) >= 11 is 0. The normalized spacial score (nSPS) is 10.2. The third kappa shape index (κ3) is 5.33. The second kappa shape index (κ2) is 8.83. The number of carbonyl (C=O) groups is 1. The fourth-order valence-corrected chi connectivity index (χ4v) is 2.35. The number of methoxy groups -OCH3 is 1. The molecule has 23 heavy (non-hydrogen) atoms. The van der Waals surface area contributed by atoms with Crippen molar-refractivity contribution in [3.63, 3.8) is 0 Å². The molecule has 1 N–H and O–H groups in total. The smallest absolute Gasteiger partial charge is 0.317 e. The van der Waals surface area contributed by atoms with E-state index in [0.29, 0.717) is 19.6 Å². The topological polar surface area (TPSA) is 41.6 Å². The lowest BCUT2D eigenvalue weighted by Crippen LogP contribution is -2.40. The summed E-state index contributed by atoms with van der Waals surface area (Å²) < 4.78 is 5.15. The van der Waals surface area contributed by atoms with Gasteiger partial charge in [0.15, 0.2) is 0 Å². The highest BCUT2D eigenvalue weighted by Crippen LogP contribution is 2.13. The summed E-state index contributed by atoms with van der Waals surface area (Å²) in [7, 11) is 1.65. The van der Waals surface area contributed by atoms with Crippen molar-refractivity contribution in [2.24, 2.45) is 0 Å². The molecule has 0 aliphatic rings. The van der Waals surface area contributed by atoms with Crippen LogP contribution in [-0.4, -0.2) is 31.1 Å². The van der Waals surface area contributed by atoms with Gasteiger partial charge in [-0.1, -0.05) is 42.5 Å². The summed E-state index contributed by atoms with van der Waals surface area (Å²) in [6.45, 7) is 3.89. The highest BCUT2D eigenvalue weighted by Gasteiger charge is 2.11. The molecule has 4 nitrogen and oxygen atoms in total. The molecule has 2 aromatic carbocycles. The molecule has 0 atom stereocenters. The molecule has 0 bridgehead atoms. The zero-order valence-electron chi connectivity index (χ0n) is 13.8. The van der Waals surface area contributed by atoms with Crippen molar-refractivity contribution in [2.75, 3.05) is 20.2 Å². The van der Waals surface area contributed by atoms with Crippen LogP contribution in [0.5, 0.6) is 5.75 Å². The van der Waals surface area contributed by atoms with Crippen LogP contribution in [0.1, 0.15) is 18.1 Å². The van der Waals surface area contributed by atoms with Crippen LogP contribution in [0.3, 0.4) is 0 Å². The standard InChI is InChI=1S/C19H24N2O2/c1-3-21(15-17-9-11-18(23-2)12-10-17)19(22)20-14-13-16-7-5-4-6-8-16/h4-12H,3,13-15H2,1-2H3,(H,20,22). The molecule has 2 aromatic rings. The van der Waals surface area contributed by atoms with Gasteiger partial charge in [0.05, 0.1) is 7.11 Å². The summed E-state index contributed by atoms with van der Waals surface area (Å²) in [6.07, 6.45) is 0.840. The number of benzene rings is 2. The summed E-state index contributed by atoms with van der Waals surface area (Å²) in [5.41, 5.74) is 2.32. The summed E-state index contributed by atoms with van der Waals surface area (Å²) in [6, 6.07) is 17.9. The first-order valence-electron chi connectivity index (χ1n) is 7.92. The van der Waals surface area contributed by atoms with E-state index in [-0.39, 0.29) is 6.03 Å². The van der Waals surface area contributed by atoms with Crippen LogP contribution in [0.15, 0.2) is 54.6 Å². The van der Waals surface area contributed by atoms with Crippen molar-refractivity contribution < 1.29 is 9.53 Å². The number of urea groups is 1. The first-order chi connectivity index (χ1) is 11.2. The molecular formula is C19H24N2O2. The fraction of sp³-hybridized carbons (Fsp3) is 0.316.